The van der Waals surface area contributed by atoms with Crippen LogP contribution >= 0.6 is 34.8 Å². The summed E-state index contributed by atoms with van der Waals surface area (Å²) in [5.41, 5.74) is -0.251. The predicted molar refractivity (Wildman–Crippen MR) is 86.0 cm³/mol. The van der Waals surface area contributed by atoms with Crippen LogP contribution in [0.4, 0.5) is 18.9 Å². The Labute approximate surface area is 141 Å². The van der Waals surface area contributed by atoms with Crippen molar-refractivity contribution in [2.75, 3.05) is 19.0 Å². The van der Waals surface area contributed by atoms with E-state index in [9.17, 15) is 13.2 Å². The van der Waals surface area contributed by atoms with Crippen molar-refractivity contribution in [3.05, 3.63) is 51.5 Å². The Morgan fingerprint density at radius 3 is 2.27 bits per heavy atom. The maximum absolute atomic E-state index is 13.4. The van der Waals surface area contributed by atoms with E-state index in [2.05, 4.69) is 0 Å². The standard InChI is InChI=1S/C15H13Cl3F3N/c1-22(2)9-3-4-10(11(7-9)15(19,20)21)14-12(17)5-8(16)6-13(14)18/h3-7,12,14H,1-2H3. The van der Waals surface area contributed by atoms with Gasteiger partial charge in [-0.1, -0.05) is 29.3 Å². The molecule has 2 unspecified atom stereocenters. The van der Waals surface area contributed by atoms with E-state index in [1.165, 1.54) is 18.2 Å². The fraction of sp³-hybridized carbons (Fsp3) is 0.333. The molecule has 0 saturated carbocycles. The van der Waals surface area contributed by atoms with Gasteiger partial charge in [0.2, 0.25) is 0 Å². The van der Waals surface area contributed by atoms with E-state index in [1.54, 1.807) is 25.1 Å². The summed E-state index contributed by atoms with van der Waals surface area (Å²) in [5, 5.41) is -0.230. The topological polar surface area (TPSA) is 3.24 Å². The Hall–Kier alpha value is -0.840. The number of anilines is 1. The molecular weight excluding hydrogens is 358 g/mol. The first-order chi connectivity index (χ1) is 10.1. The first-order valence-corrected chi connectivity index (χ1v) is 7.57. The van der Waals surface area contributed by atoms with Gasteiger partial charge >= 0.3 is 6.18 Å². The van der Waals surface area contributed by atoms with Crippen LogP contribution in [0.15, 0.2) is 40.4 Å². The fourth-order valence-corrected chi connectivity index (χ4v) is 3.55. The number of alkyl halides is 4. The van der Waals surface area contributed by atoms with E-state index in [-0.39, 0.29) is 10.6 Å². The van der Waals surface area contributed by atoms with Crippen LogP contribution in [-0.4, -0.2) is 19.5 Å². The zero-order chi connectivity index (χ0) is 16.7. The second-order valence-corrected chi connectivity index (χ2v) is 6.54. The van der Waals surface area contributed by atoms with Crippen LogP contribution in [0.25, 0.3) is 0 Å². The molecule has 0 saturated heterocycles. The molecule has 1 aromatic carbocycles. The van der Waals surface area contributed by atoms with Crippen LogP contribution in [-0.2, 0) is 6.18 Å². The maximum atomic E-state index is 13.4. The summed E-state index contributed by atoms with van der Waals surface area (Å²) in [5.74, 6) is -0.779. The van der Waals surface area contributed by atoms with E-state index in [0.717, 1.165) is 6.07 Å². The van der Waals surface area contributed by atoms with Crippen molar-refractivity contribution < 1.29 is 13.2 Å². The molecule has 0 heterocycles. The molecule has 22 heavy (non-hydrogen) atoms. The van der Waals surface area contributed by atoms with E-state index < -0.39 is 23.0 Å². The summed E-state index contributed by atoms with van der Waals surface area (Å²) < 4.78 is 40.2. The van der Waals surface area contributed by atoms with Gasteiger partial charge in [-0.05, 0) is 29.8 Å². The molecule has 7 heteroatoms. The first-order valence-electron chi connectivity index (χ1n) is 6.38. The van der Waals surface area contributed by atoms with E-state index in [1.807, 2.05) is 0 Å². The average molecular weight is 371 g/mol. The Balaban J connectivity index is 2.58. The van der Waals surface area contributed by atoms with Crippen LogP contribution in [0.3, 0.4) is 0 Å². The maximum Gasteiger partial charge on any atom is 0.416 e. The normalized spacial score (nSPS) is 22.2. The molecule has 120 valence electrons. The SMILES string of the molecule is CN(C)c1ccc(C2C(Cl)=CC(Cl)=CC2Cl)c(C(F)(F)F)c1. The Kier molecular flexibility index (Phi) is 5.05. The second kappa shape index (κ2) is 6.34. The number of rotatable bonds is 2. The molecule has 0 fully saturated rings. The van der Waals surface area contributed by atoms with Gasteiger partial charge in [0.1, 0.15) is 0 Å². The Morgan fingerprint density at radius 1 is 1.14 bits per heavy atom. The number of hydrogen-bond acceptors (Lipinski definition) is 1. The van der Waals surface area contributed by atoms with Gasteiger partial charge in [-0.15, -0.1) is 11.6 Å². The quantitative estimate of drug-likeness (QED) is 0.602. The van der Waals surface area contributed by atoms with Crippen LogP contribution in [0.5, 0.6) is 0 Å². The van der Waals surface area contributed by atoms with Gasteiger partial charge in [-0.25, -0.2) is 0 Å². The summed E-state index contributed by atoms with van der Waals surface area (Å²) in [6.45, 7) is 0. The minimum absolute atomic E-state index is 0.0415. The van der Waals surface area contributed by atoms with Gasteiger partial charge in [0, 0.05) is 35.8 Å². The molecule has 1 nitrogen and oxygen atoms in total. The lowest BCUT2D eigenvalue weighted by atomic mass is 9.87. The number of allylic oxidation sites excluding steroid dienone is 4. The fourth-order valence-electron chi connectivity index (χ4n) is 2.33. The monoisotopic (exact) mass is 369 g/mol. The highest BCUT2D eigenvalue weighted by molar-refractivity contribution is 6.37. The minimum Gasteiger partial charge on any atom is -0.378 e. The van der Waals surface area contributed by atoms with E-state index in [4.69, 9.17) is 34.8 Å². The minimum atomic E-state index is -4.50. The van der Waals surface area contributed by atoms with Crippen molar-refractivity contribution in [1.29, 1.82) is 0 Å². The predicted octanol–water partition coefficient (Wildman–Crippen LogP) is 5.72. The second-order valence-electron chi connectivity index (χ2n) is 5.17. The van der Waals surface area contributed by atoms with E-state index in [0.29, 0.717) is 10.7 Å². The van der Waals surface area contributed by atoms with Gasteiger partial charge in [0.25, 0.3) is 0 Å². The molecular formula is C15H13Cl3F3N. The van der Waals surface area contributed by atoms with Crippen LogP contribution < -0.4 is 4.90 Å². The smallest absolute Gasteiger partial charge is 0.378 e. The van der Waals surface area contributed by atoms with Crippen molar-refractivity contribution in [3.63, 3.8) is 0 Å². The molecule has 1 aliphatic carbocycles. The largest absolute Gasteiger partial charge is 0.416 e. The van der Waals surface area contributed by atoms with Crippen molar-refractivity contribution >= 4 is 40.5 Å². The van der Waals surface area contributed by atoms with Crippen molar-refractivity contribution in [2.24, 2.45) is 0 Å². The lowest BCUT2D eigenvalue weighted by Gasteiger charge is -2.27. The molecule has 2 rings (SSSR count). The average Bonchev–Trinajstić information content (AvgIpc) is 2.36. The van der Waals surface area contributed by atoms with Gasteiger partial charge in [-0.3, -0.25) is 0 Å². The van der Waals surface area contributed by atoms with Gasteiger partial charge in [0.15, 0.2) is 0 Å². The van der Waals surface area contributed by atoms with Crippen LogP contribution in [0, 0.1) is 0 Å². The molecule has 1 aliphatic rings. The number of nitrogens with zero attached hydrogens (tertiary/aromatic N) is 1. The molecule has 0 aromatic heterocycles. The zero-order valence-electron chi connectivity index (χ0n) is 11.8. The third kappa shape index (κ3) is 3.55. The van der Waals surface area contributed by atoms with Gasteiger partial charge < -0.3 is 4.90 Å². The molecule has 0 aliphatic heterocycles. The zero-order valence-corrected chi connectivity index (χ0v) is 14.0. The van der Waals surface area contributed by atoms with E-state index >= 15 is 0 Å². The molecule has 0 amide bonds. The highest BCUT2D eigenvalue weighted by atomic mass is 35.5. The molecule has 0 radical (unpaired) electrons. The third-order valence-electron chi connectivity index (χ3n) is 3.40. The summed E-state index contributed by atoms with van der Waals surface area (Å²) in [4.78, 5) is 1.60. The molecule has 2 atom stereocenters. The molecule has 0 N–H and O–H groups in total. The summed E-state index contributed by atoms with van der Waals surface area (Å²) >= 11 is 18.1. The Bertz CT molecular complexity index is 635. The lowest BCUT2D eigenvalue weighted by Crippen LogP contribution is -2.21. The number of halogens is 6. The highest BCUT2D eigenvalue weighted by Crippen LogP contribution is 2.45. The number of hydrogen-bond donors (Lipinski definition) is 0. The van der Waals surface area contributed by atoms with Crippen molar-refractivity contribution in [3.8, 4) is 0 Å². The highest BCUT2D eigenvalue weighted by Gasteiger charge is 2.38. The Morgan fingerprint density at radius 2 is 1.77 bits per heavy atom. The summed E-state index contributed by atoms with van der Waals surface area (Å²) in [6, 6.07) is 4.13. The van der Waals surface area contributed by atoms with Crippen molar-refractivity contribution in [1.82, 2.24) is 0 Å². The molecule has 0 bridgehead atoms. The molecule has 1 aromatic rings. The number of benzene rings is 1. The third-order valence-corrected chi connectivity index (χ3v) is 4.36. The summed E-state index contributed by atoms with van der Waals surface area (Å²) in [6.07, 6.45) is -1.59. The summed E-state index contributed by atoms with van der Waals surface area (Å²) in [7, 11) is 3.35. The first kappa shape index (κ1) is 17.5. The molecule has 0 spiro atoms. The lowest BCUT2D eigenvalue weighted by molar-refractivity contribution is -0.138. The van der Waals surface area contributed by atoms with Crippen molar-refractivity contribution in [2.45, 2.75) is 17.5 Å². The van der Waals surface area contributed by atoms with Crippen LogP contribution in [0.1, 0.15) is 17.0 Å². The van der Waals surface area contributed by atoms with Crippen LogP contribution in [0.2, 0.25) is 0 Å². The van der Waals surface area contributed by atoms with Gasteiger partial charge in [0.05, 0.1) is 10.9 Å². The van der Waals surface area contributed by atoms with Gasteiger partial charge in [-0.2, -0.15) is 13.2 Å².